The van der Waals surface area contributed by atoms with Crippen molar-refractivity contribution in [2.24, 2.45) is 0 Å². The van der Waals surface area contributed by atoms with Crippen LogP contribution in [-0.4, -0.2) is 71.9 Å². The molecule has 4 rings (SSSR count). The Bertz CT molecular complexity index is 1500. The molecule has 14 heteroatoms. The van der Waals surface area contributed by atoms with Crippen LogP contribution in [0.2, 0.25) is 10.0 Å². The Kier molecular flexibility index (Phi) is 9.27. The monoisotopic (exact) mass is 623 g/mol. The molecule has 0 unspecified atom stereocenters. The molecule has 1 amide bonds. The van der Waals surface area contributed by atoms with Gasteiger partial charge in [0, 0.05) is 47.4 Å². The smallest absolute Gasteiger partial charge is 0.410 e. The van der Waals surface area contributed by atoms with Crippen molar-refractivity contribution in [2.75, 3.05) is 30.8 Å². The van der Waals surface area contributed by atoms with E-state index in [4.69, 9.17) is 36.9 Å². The number of hydrogen-bond donors (Lipinski definition) is 0. The van der Waals surface area contributed by atoms with E-state index in [0.717, 1.165) is 6.26 Å². The minimum Gasteiger partial charge on any atom is -0.444 e. The highest BCUT2D eigenvalue weighted by molar-refractivity contribution is 7.85. The fraction of sp³-hybridized carbons (Fsp3) is 0.407. The maximum Gasteiger partial charge on any atom is 0.410 e. The van der Waals surface area contributed by atoms with Crippen molar-refractivity contribution in [3.63, 3.8) is 0 Å². The lowest BCUT2D eigenvalue weighted by atomic mass is 10.1. The molecule has 0 bridgehead atoms. The van der Waals surface area contributed by atoms with Crippen molar-refractivity contribution in [2.45, 2.75) is 45.9 Å². The number of carbonyl (C=O) groups is 1. The largest absolute Gasteiger partial charge is 0.444 e. The number of benzene rings is 1. The number of amides is 1. The average molecular weight is 625 g/mol. The predicted octanol–water partition coefficient (Wildman–Crippen LogP) is 5.56. The summed E-state index contributed by atoms with van der Waals surface area (Å²) in [5, 5.41) is 0.833. The molecule has 1 atom stereocenters. The number of ether oxygens (including phenoxy) is 2. The van der Waals surface area contributed by atoms with Gasteiger partial charge in [-0.3, -0.25) is 4.18 Å². The second kappa shape index (κ2) is 12.4. The van der Waals surface area contributed by atoms with Gasteiger partial charge in [-0.1, -0.05) is 23.2 Å². The molecule has 3 aromatic rings. The number of hydrogen-bond acceptors (Lipinski definition) is 10. The number of halogens is 2. The number of piperazine rings is 1. The number of pyridine rings is 1. The highest BCUT2D eigenvalue weighted by Gasteiger charge is 2.31. The molecule has 2 aromatic heterocycles. The van der Waals surface area contributed by atoms with Gasteiger partial charge in [-0.2, -0.15) is 8.42 Å². The number of rotatable bonds is 7. The Morgan fingerprint density at radius 3 is 2.29 bits per heavy atom. The van der Waals surface area contributed by atoms with Crippen LogP contribution in [0.4, 0.5) is 10.7 Å². The molecule has 220 valence electrons. The third kappa shape index (κ3) is 8.90. The van der Waals surface area contributed by atoms with Gasteiger partial charge in [-0.25, -0.2) is 19.7 Å². The molecule has 3 heterocycles. The van der Waals surface area contributed by atoms with E-state index in [1.54, 1.807) is 35.2 Å². The second-order valence-electron chi connectivity index (χ2n) is 10.6. The van der Waals surface area contributed by atoms with E-state index in [1.807, 2.05) is 32.6 Å². The second-order valence-corrected chi connectivity index (χ2v) is 13.1. The Labute approximate surface area is 249 Å². The lowest BCUT2D eigenvalue weighted by Gasteiger charge is -2.40. The van der Waals surface area contributed by atoms with E-state index in [1.165, 1.54) is 12.4 Å². The van der Waals surface area contributed by atoms with Gasteiger partial charge >= 0.3 is 6.09 Å². The molecule has 41 heavy (non-hydrogen) atoms. The molecule has 0 radical (unpaired) electrons. The molecular formula is C27H31Cl2N5O6S. The first-order valence-electron chi connectivity index (χ1n) is 12.7. The highest BCUT2D eigenvalue weighted by atomic mass is 35.5. The van der Waals surface area contributed by atoms with Crippen molar-refractivity contribution >= 4 is 45.4 Å². The topological polar surface area (TPSA) is 124 Å². The summed E-state index contributed by atoms with van der Waals surface area (Å²) in [7, 11) is -3.68. The molecule has 1 saturated heterocycles. The molecule has 1 aromatic carbocycles. The van der Waals surface area contributed by atoms with Crippen LogP contribution in [0.25, 0.3) is 11.3 Å². The summed E-state index contributed by atoms with van der Waals surface area (Å²) in [6, 6.07) is 8.09. The molecule has 0 saturated carbocycles. The standard InChI is InChI=1S/C27H31Cl2N5O6S/c1-17-15-33(6-7-34(17)26(35)40-27(2,3)4)25-30-13-22(14-31-25)39-24-9-18(16-38-41(5,36)37)8-23(32-24)19-10-20(28)12-21(29)11-19/h8-14,17H,6-7,15-16H2,1-5H3/t17-/m0/s1. The predicted molar refractivity (Wildman–Crippen MR) is 156 cm³/mol. The molecule has 0 spiro atoms. The van der Waals surface area contributed by atoms with Crippen molar-refractivity contribution < 1.29 is 26.9 Å². The minimum atomic E-state index is -3.68. The van der Waals surface area contributed by atoms with Crippen molar-refractivity contribution in [1.29, 1.82) is 0 Å². The first kappa shape index (κ1) is 30.8. The lowest BCUT2D eigenvalue weighted by molar-refractivity contribution is 0.0158. The van der Waals surface area contributed by atoms with Crippen molar-refractivity contribution in [1.82, 2.24) is 19.9 Å². The Morgan fingerprint density at radius 1 is 1.05 bits per heavy atom. The first-order valence-corrected chi connectivity index (χ1v) is 15.3. The van der Waals surface area contributed by atoms with Crippen molar-refractivity contribution in [3.05, 3.63) is 58.3 Å². The van der Waals surface area contributed by atoms with Gasteiger partial charge in [-0.05, 0) is 57.5 Å². The van der Waals surface area contributed by atoms with Gasteiger partial charge in [0.1, 0.15) is 5.60 Å². The zero-order valence-corrected chi connectivity index (χ0v) is 25.6. The third-order valence-corrected chi connectivity index (χ3v) is 6.82. The summed E-state index contributed by atoms with van der Waals surface area (Å²) in [5.74, 6) is 0.977. The van der Waals surface area contributed by atoms with Crippen LogP contribution in [-0.2, 0) is 25.6 Å². The average Bonchev–Trinajstić information content (AvgIpc) is 2.86. The summed E-state index contributed by atoms with van der Waals surface area (Å²) in [6.07, 6.45) is 3.67. The number of carbonyl (C=O) groups excluding carboxylic acids is 1. The van der Waals surface area contributed by atoms with Crippen LogP contribution in [0.15, 0.2) is 42.7 Å². The zero-order chi connectivity index (χ0) is 29.9. The molecular weight excluding hydrogens is 593 g/mol. The summed E-state index contributed by atoms with van der Waals surface area (Å²) in [4.78, 5) is 29.6. The molecule has 0 N–H and O–H groups in total. The Balaban J connectivity index is 1.50. The van der Waals surface area contributed by atoms with Gasteiger partial charge < -0.3 is 19.3 Å². The number of nitrogens with zero attached hydrogens (tertiary/aromatic N) is 5. The molecule has 11 nitrogen and oxygen atoms in total. The number of aromatic nitrogens is 3. The maximum absolute atomic E-state index is 12.5. The van der Waals surface area contributed by atoms with Crippen LogP contribution in [0.5, 0.6) is 11.6 Å². The normalized spacial score (nSPS) is 16.0. The van der Waals surface area contributed by atoms with Gasteiger partial charge in [-0.15, -0.1) is 0 Å². The summed E-state index contributed by atoms with van der Waals surface area (Å²) in [5.41, 5.74) is 0.998. The third-order valence-electron chi connectivity index (χ3n) is 5.83. The van der Waals surface area contributed by atoms with E-state index < -0.39 is 15.7 Å². The van der Waals surface area contributed by atoms with Gasteiger partial charge in [0.05, 0.1) is 31.0 Å². The maximum atomic E-state index is 12.5. The quantitative estimate of drug-likeness (QED) is 0.309. The highest BCUT2D eigenvalue weighted by Crippen LogP contribution is 2.30. The van der Waals surface area contributed by atoms with Crippen LogP contribution in [0.3, 0.4) is 0 Å². The van der Waals surface area contributed by atoms with Crippen LogP contribution in [0, 0.1) is 0 Å². The SMILES string of the molecule is C[C@H]1CN(c2ncc(Oc3cc(COS(C)(=O)=O)cc(-c4cc(Cl)cc(Cl)c4)n3)cn2)CCN1C(=O)OC(C)(C)C. The Hall–Kier alpha value is -3.19. The molecule has 0 aliphatic carbocycles. The van der Waals surface area contributed by atoms with E-state index in [9.17, 15) is 13.2 Å². The fourth-order valence-corrected chi connectivity index (χ4v) is 4.97. The summed E-state index contributed by atoms with van der Waals surface area (Å²) >= 11 is 12.3. The van der Waals surface area contributed by atoms with Crippen LogP contribution in [0.1, 0.15) is 33.3 Å². The van der Waals surface area contributed by atoms with Crippen LogP contribution >= 0.6 is 23.2 Å². The minimum absolute atomic E-state index is 0.0994. The van der Waals surface area contributed by atoms with E-state index in [2.05, 4.69) is 15.0 Å². The van der Waals surface area contributed by atoms with Crippen LogP contribution < -0.4 is 9.64 Å². The lowest BCUT2D eigenvalue weighted by Crippen LogP contribution is -2.55. The first-order chi connectivity index (χ1) is 19.1. The molecule has 1 aliphatic rings. The van der Waals surface area contributed by atoms with Gasteiger partial charge in [0.2, 0.25) is 11.8 Å². The van der Waals surface area contributed by atoms with Gasteiger partial charge in [0.25, 0.3) is 10.1 Å². The van der Waals surface area contributed by atoms with Gasteiger partial charge in [0.15, 0.2) is 5.75 Å². The molecule has 1 fully saturated rings. The van der Waals surface area contributed by atoms with E-state index >= 15 is 0 Å². The van der Waals surface area contributed by atoms with E-state index in [0.29, 0.717) is 58.2 Å². The zero-order valence-electron chi connectivity index (χ0n) is 23.3. The summed E-state index contributed by atoms with van der Waals surface area (Å²) in [6.45, 7) is 8.80. The Morgan fingerprint density at radius 2 is 1.71 bits per heavy atom. The van der Waals surface area contributed by atoms with E-state index in [-0.39, 0.29) is 24.6 Å². The molecule has 1 aliphatic heterocycles. The fourth-order valence-electron chi connectivity index (χ4n) is 4.10. The number of anilines is 1. The summed E-state index contributed by atoms with van der Waals surface area (Å²) < 4.78 is 39.5. The van der Waals surface area contributed by atoms with Crippen molar-refractivity contribution in [3.8, 4) is 22.9 Å².